The molecule has 0 N–H and O–H groups in total. The maximum atomic E-state index is 12.6. The molecule has 0 radical (unpaired) electrons. The number of rotatable bonds is 2. The zero-order chi connectivity index (χ0) is 14.9. The first-order valence-electron chi connectivity index (χ1n) is 7.37. The van der Waals surface area contributed by atoms with Gasteiger partial charge in [0.15, 0.2) is 0 Å². The molecule has 3 rings (SSSR count). The Balaban J connectivity index is 1.76. The van der Waals surface area contributed by atoms with Crippen molar-refractivity contribution in [2.24, 2.45) is 0 Å². The first-order chi connectivity index (χ1) is 10.2. The van der Waals surface area contributed by atoms with E-state index in [9.17, 15) is 4.79 Å². The molecule has 1 spiro atoms. The maximum Gasteiger partial charge on any atom is 0.255 e. The topological polar surface area (TPSA) is 38.8 Å². The molecule has 21 heavy (non-hydrogen) atoms. The molecule has 2 fully saturated rings. The van der Waals surface area contributed by atoms with Gasteiger partial charge in [-0.25, -0.2) is 0 Å². The molecule has 5 heteroatoms. The van der Waals surface area contributed by atoms with Gasteiger partial charge in [-0.1, -0.05) is 23.7 Å². The van der Waals surface area contributed by atoms with Gasteiger partial charge in [0.25, 0.3) is 5.91 Å². The molecular formula is C16H20ClNO3. The Hall–Kier alpha value is -1.10. The minimum absolute atomic E-state index is 0.0319. The SMILES string of the molecule is CO[C@H]1CN(C(=O)c2ccccc2Cl)CC[C@@]12CCCO2. The molecule has 0 aliphatic carbocycles. The molecule has 2 heterocycles. The number of amides is 1. The van der Waals surface area contributed by atoms with Crippen molar-refractivity contribution in [2.45, 2.75) is 31.0 Å². The van der Waals surface area contributed by atoms with Crippen LogP contribution in [0.3, 0.4) is 0 Å². The van der Waals surface area contributed by atoms with Gasteiger partial charge >= 0.3 is 0 Å². The Labute approximate surface area is 130 Å². The van der Waals surface area contributed by atoms with Crippen LogP contribution in [0.2, 0.25) is 5.02 Å². The molecule has 0 bridgehead atoms. The molecule has 0 aromatic heterocycles. The summed E-state index contributed by atoms with van der Waals surface area (Å²) in [5.74, 6) is -0.0319. The monoisotopic (exact) mass is 309 g/mol. The van der Waals surface area contributed by atoms with Crippen molar-refractivity contribution in [3.8, 4) is 0 Å². The normalized spacial score (nSPS) is 29.0. The second-order valence-electron chi connectivity index (χ2n) is 5.72. The van der Waals surface area contributed by atoms with Crippen molar-refractivity contribution < 1.29 is 14.3 Å². The molecule has 2 atom stereocenters. The molecule has 1 aromatic rings. The zero-order valence-corrected chi connectivity index (χ0v) is 12.9. The number of nitrogens with zero attached hydrogens (tertiary/aromatic N) is 1. The highest BCUT2D eigenvalue weighted by Gasteiger charge is 2.47. The molecule has 1 aromatic carbocycles. The van der Waals surface area contributed by atoms with Crippen LogP contribution in [-0.4, -0.2) is 49.3 Å². The van der Waals surface area contributed by atoms with E-state index >= 15 is 0 Å². The fourth-order valence-electron chi connectivity index (χ4n) is 3.39. The van der Waals surface area contributed by atoms with E-state index < -0.39 is 0 Å². The van der Waals surface area contributed by atoms with Crippen LogP contribution in [0.5, 0.6) is 0 Å². The summed E-state index contributed by atoms with van der Waals surface area (Å²) in [7, 11) is 1.69. The number of ether oxygens (including phenoxy) is 2. The van der Waals surface area contributed by atoms with Gasteiger partial charge in [-0.3, -0.25) is 4.79 Å². The fraction of sp³-hybridized carbons (Fsp3) is 0.562. The van der Waals surface area contributed by atoms with Gasteiger partial charge in [0.05, 0.1) is 16.2 Å². The summed E-state index contributed by atoms with van der Waals surface area (Å²) >= 11 is 6.13. The number of hydrogen-bond acceptors (Lipinski definition) is 3. The summed E-state index contributed by atoms with van der Waals surface area (Å²) in [6.45, 7) is 2.03. The van der Waals surface area contributed by atoms with Crippen LogP contribution in [0.15, 0.2) is 24.3 Å². The lowest BCUT2D eigenvalue weighted by molar-refractivity contribution is -0.136. The van der Waals surface area contributed by atoms with E-state index in [1.807, 2.05) is 17.0 Å². The number of piperidine rings is 1. The van der Waals surface area contributed by atoms with Gasteiger partial charge in [-0.15, -0.1) is 0 Å². The number of hydrogen-bond donors (Lipinski definition) is 0. The van der Waals surface area contributed by atoms with E-state index in [2.05, 4.69) is 0 Å². The summed E-state index contributed by atoms with van der Waals surface area (Å²) in [4.78, 5) is 14.5. The first-order valence-corrected chi connectivity index (χ1v) is 7.75. The number of methoxy groups -OCH3 is 1. The average molecular weight is 310 g/mol. The summed E-state index contributed by atoms with van der Waals surface area (Å²) in [5.41, 5.74) is 0.351. The molecular weight excluding hydrogens is 290 g/mol. The van der Waals surface area contributed by atoms with E-state index in [-0.39, 0.29) is 17.6 Å². The van der Waals surface area contributed by atoms with E-state index in [0.29, 0.717) is 23.7 Å². The molecule has 0 unspecified atom stereocenters. The summed E-state index contributed by atoms with van der Waals surface area (Å²) in [6.07, 6.45) is 2.83. The van der Waals surface area contributed by atoms with Crippen molar-refractivity contribution in [2.75, 3.05) is 26.8 Å². The second kappa shape index (κ2) is 5.95. The van der Waals surface area contributed by atoms with E-state index in [0.717, 1.165) is 25.9 Å². The van der Waals surface area contributed by atoms with E-state index in [4.69, 9.17) is 21.1 Å². The van der Waals surface area contributed by atoms with Crippen molar-refractivity contribution in [1.29, 1.82) is 0 Å². The molecule has 2 saturated heterocycles. The maximum absolute atomic E-state index is 12.6. The predicted octanol–water partition coefficient (Wildman–Crippen LogP) is 2.75. The van der Waals surface area contributed by atoms with Crippen LogP contribution < -0.4 is 0 Å². The minimum atomic E-state index is -0.202. The third-order valence-corrected chi connectivity index (χ3v) is 4.92. The van der Waals surface area contributed by atoms with Gasteiger partial charge in [-0.2, -0.15) is 0 Å². The Bertz CT molecular complexity index is 528. The standard InChI is InChI=1S/C16H20ClNO3/c1-20-14-11-18(9-8-16(14)7-4-10-21-16)15(19)12-5-2-3-6-13(12)17/h2-3,5-6,14H,4,7-11H2,1H3/t14-,16-/m0/s1. The van der Waals surface area contributed by atoms with Gasteiger partial charge in [0.1, 0.15) is 6.10 Å². The smallest absolute Gasteiger partial charge is 0.255 e. The van der Waals surface area contributed by atoms with Crippen LogP contribution in [0.1, 0.15) is 29.6 Å². The van der Waals surface area contributed by atoms with Gasteiger partial charge in [0, 0.05) is 26.8 Å². The van der Waals surface area contributed by atoms with E-state index in [1.165, 1.54) is 0 Å². The second-order valence-corrected chi connectivity index (χ2v) is 6.13. The molecule has 2 aliphatic rings. The number of halogens is 1. The number of carbonyl (C=O) groups is 1. The molecule has 0 saturated carbocycles. The van der Waals surface area contributed by atoms with Crippen molar-refractivity contribution in [3.05, 3.63) is 34.9 Å². The Morgan fingerprint density at radius 3 is 2.90 bits per heavy atom. The summed E-state index contributed by atoms with van der Waals surface area (Å²) in [5, 5.41) is 0.494. The largest absolute Gasteiger partial charge is 0.377 e. The third-order valence-electron chi connectivity index (χ3n) is 4.59. The average Bonchev–Trinajstić information content (AvgIpc) is 2.97. The van der Waals surface area contributed by atoms with Crippen LogP contribution in [0.25, 0.3) is 0 Å². The molecule has 4 nitrogen and oxygen atoms in total. The predicted molar refractivity (Wildman–Crippen MR) is 80.7 cm³/mol. The van der Waals surface area contributed by atoms with Crippen molar-refractivity contribution in [3.63, 3.8) is 0 Å². The van der Waals surface area contributed by atoms with Crippen molar-refractivity contribution >= 4 is 17.5 Å². The van der Waals surface area contributed by atoms with Crippen LogP contribution in [0, 0.1) is 0 Å². The number of benzene rings is 1. The lowest BCUT2D eigenvalue weighted by atomic mass is 9.85. The summed E-state index contributed by atoms with van der Waals surface area (Å²) in [6, 6.07) is 7.17. The van der Waals surface area contributed by atoms with Gasteiger partial charge < -0.3 is 14.4 Å². The molecule has 114 valence electrons. The first kappa shape index (κ1) is 14.8. The van der Waals surface area contributed by atoms with Crippen LogP contribution in [-0.2, 0) is 9.47 Å². The lowest BCUT2D eigenvalue weighted by Gasteiger charge is -2.44. The van der Waals surface area contributed by atoms with Crippen LogP contribution >= 0.6 is 11.6 Å². The molecule has 2 aliphatic heterocycles. The number of likely N-dealkylation sites (tertiary alicyclic amines) is 1. The fourth-order valence-corrected chi connectivity index (χ4v) is 3.61. The summed E-state index contributed by atoms with van der Waals surface area (Å²) < 4.78 is 11.6. The van der Waals surface area contributed by atoms with E-state index in [1.54, 1.807) is 19.2 Å². The Morgan fingerprint density at radius 2 is 2.24 bits per heavy atom. The zero-order valence-electron chi connectivity index (χ0n) is 12.2. The lowest BCUT2D eigenvalue weighted by Crippen LogP contribution is -2.57. The van der Waals surface area contributed by atoms with Gasteiger partial charge in [-0.05, 0) is 31.4 Å². The highest BCUT2D eigenvalue weighted by atomic mass is 35.5. The third kappa shape index (κ3) is 2.68. The van der Waals surface area contributed by atoms with Crippen LogP contribution in [0.4, 0.5) is 0 Å². The number of carbonyl (C=O) groups excluding carboxylic acids is 1. The molecule has 1 amide bonds. The van der Waals surface area contributed by atoms with Gasteiger partial charge in [0.2, 0.25) is 0 Å². The van der Waals surface area contributed by atoms with Crippen molar-refractivity contribution in [1.82, 2.24) is 4.90 Å². The minimum Gasteiger partial charge on any atom is -0.377 e. The quantitative estimate of drug-likeness (QED) is 0.843. The highest BCUT2D eigenvalue weighted by molar-refractivity contribution is 6.33. The Kier molecular flexibility index (Phi) is 4.20. The Morgan fingerprint density at radius 1 is 1.43 bits per heavy atom. The highest BCUT2D eigenvalue weighted by Crippen LogP contribution is 2.37.